The quantitative estimate of drug-likeness (QED) is 0.855. The van der Waals surface area contributed by atoms with E-state index in [9.17, 15) is 4.79 Å². The summed E-state index contributed by atoms with van der Waals surface area (Å²) in [4.78, 5) is 15.0. The van der Waals surface area contributed by atoms with E-state index in [-0.39, 0.29) is 12.0 Å². The maximum Gasteiger partial charge on any atom is 0.226 e. The molecule has 1 aromatic carbocycles. The maximum atomic E-state index is 13.0. The number of hydrogen-bond donors (Lipinski definition) is 0. The third-order valence-corrected chi connectivity index (χ3v) is 5.59. The summed E-state index contributed by atoms with van der Waals surface area (Å²) in [6, 6.07) is 8.65. The first-order chi connectivity index (χ1) is 11.5. The first-order valence-corrected chi connectivity index (χ1v) is 8.85. The van der Waals surface area contributed by atoms with E-state index in [1.165, 1.54) is 16.7 Å². The zero-order valence-corrected chi connectivity index (χ0v) is 14.6. The van der Waals surface area contributed by atoms with Crippen LogP contribution in [0.5, 0.6) is 0 Å². The van der Waals surface area contributed by atoms with E-state index in [1.54, 1.807) is 0 Å². The fraction of sp³-hybridized carbons (Fsp3) is 0.500. The molecule has 1 aliphatic heterocycles. The van der Waals surface area contributed by atoms with Crippen LogP contribution in [0.4, 0.5) is 0 Å². The number of aromatic nitrogens is 1. The summed E-state index contributed by atoms with van der Waals surface area (Å²) in [6.07, 6.45) is 3.00. The van der Waals surface area contributed by atoms with Crippen LogP contribution in [0.1, 0.15) is 59.4 Å². The summed E-state index contributed by atoms with van der Waals surface area (Å²) < 4.78 is 5.21. The van der Waals surface area contributed by atoms with Gasteiger partial charge in [-0.1, -0.05) is 23.4 Å². The highest BCUT2D eigenvalue weighted by atomic mass is 16.5. The van der Waals surface area contributed by atoms with Crippen LogP contribution in [0.3, 0.4) is 0 Å². The molecule has 4 rings (SSSR count). The van der Waals surface area contributed by atoms with Crippen LogP contribution >= 0.6 is 0 Å². The Morgan fingerprint density at radius 3 is 2.75 bits per heavy atom. The molecule has 2 aliphatic rings. The molecule has 1 saturated carbocycles. The molecule has 0 spiro atoms. The summed E-state index contributed by atoms with van der Waals surface area (Å²) in [7, 11) is 0. The van der Waals surface area contributed by atoms with Crippen LogP contribution in [0.25, 0.3) is 0 Å². The Morgan fingerprint density at radius 1 is 1.21 bits per heavy atom. The lowest BCUT2D eigenvalue weighted by atomic mass is 10.0. The largest absolute Gasteiger partial charge is 0.361 e. The maximum absolute atomic E-state index is 13.0. The molecule has 1 saturated heterocycles. The number of likely N-dealkylation sites (tertiary alicyclic amines) is 1. The molecule has 24 heavy (non-hydrogen) atoms. The average Bonchev–Trinajstić information content (AvgIpc) is 2.99. The lowest BCUT2D eigenvalue weighted by molar-refractivity contribution is -0.133. The third-order valence-electron chi connectivity index (χ3n) is 5.59. The van der Waals surface area contributed by atoms with Crippen molar-refractivity contribution in [3.05, 3.63) is 52.4 Å². The Bertz CT molecular complexity index is 780. The van der Waals surface area contributed by atoms with Gasteiger partial charge in [0.25, 0.3) is 0 Å². The number of rotatable bonds is 3. The van der Waals surface area contributed by atoms with Crippen molar-refractivity contribution in [3.8, 4) is 0 Å². The number of nitrogens with zero attached hydrogens (tertiary/aromatic N) is 2. The average molecular weight is 324 g/mol. The molecule has 126 valence electrons. The highest BCUT2D eigenvalue weighted by molar-refractivity contribution is 5.83. The zero-order chi connectivity index (χ0) is 16.8. The third kappa shape index (κ3) is 2.64. The Labute approximate surface area is 142 Å². The summed E-state index contributed by atoms with van der Waals surface area (Å²) in [5.74, 6) is 1.63. The predicted octanol–water partition coefficient (Wildman–Crippen LogP) is 4.07. The Balaban J connectivity index is 1.49. The smallest absolute Gasteiger partial charge is 0.226 e. The molecule has 4 nitrogen and oxygen atoms in total. The molecule has 0 N–H and O–H groups in total. The molecular weight excluding hydrogens is 300 g/mol. The van der Waals surface area contributed by atoms with Gasteiger partial charge in [0.2, 0.25) is 5.91 Å². The first kappa shape index (κ1) is 15.4. The van der Waals surface area contributed by atoms with Gasteiger partial charge in [-0.15, -0.1) is 0 Å². The van der Waals surface area contributed by atoms with Crippen molar-refractivity contribution in [1.29, 1.82) is 0 Å². The van der Waals surface area contributed by atoms with Crippen LogP contribution in [0.2, 0.25) is 0 Å². The molecule has 2 heterocycles. The van der Waals surface area contributed by atoms with Crippen LogP contribution in [0, 0.1) is 26.7 Å². The molecule has 1 aliphatic carbocycles. The number of carbonyl (C=O) groups excluding carboxylic acids is 1. The van der Waals surface area contributed by atoms with Gasteiger partial charge in [0.1, 0.15) is 11.5 Å². The van der Waals surface area contributed by atoms with Crippen molar-refractivity contribution in [2.75, 3.05) is 6.54 Å². The fourth-order valence-corrected chi connectivity index (χ4v) is 3.93. The molecule has 3 atom stereocenters. The van der Waals surface area contributed by atoms with Gasteiger partial charge in [0, 0.05) is 18.5 Å². The van der Waals surface area contributed by atoms with E-state index in [0.29, 0.717) is 11.8 Å². The highest BCUT2D eigenvalue weighted by Crippen LogP contribution is 2.50. The van der Waals surface area contributed by atoms with Gasteiger partial charge in [0.15, 0.2) is 0 Å². The van der Waals surface area contributed by atoms with Crippen molar-refractivity contribution in [3.63, 3.8) is 0 Å². The second-order valence-corrected chi connectivity index (χ2v) is 7.34. The topological polar surface area (TPSA) is 46.3 Å². The Morgan fingerprint density at radius 2 is 2.04 bits per heavy atom. The summed E-state index contributed by atoms with van der Waals surface area (Å²) in [5.41, 5.74) is 4.83. The number of benzene rings is 1. The normalized spacial score (nSPS) is 26.0. The Kier molecular flexibility index (Phi) is 3.70. The van der Waals surface area contributed by atoms with Crippen molar-refractivity contribution < 1.29 is 9.32 Å². The van der Waals surface area contributed by atoms with Crippen molar-refractivity contribution >= 4 is 5.91 Å². The SMILES string of the molecule is Cc1cc([C@@H]2CCCN2C(=O)[C@@H]2C[C@@H]2c2ccc(C)c(C)c2)no1. The van der Waals surface area contributed by atoms with Crippen LogP contribution in [-0.2, 0) is 4.79 Å². The first-order valence-electron chi connectivity index (χ1n) is 8.85. The van der Waals surface area contributed by atoms with Gasteiger partial charge < -0.3 is 9.42 Å². The van der Waals surface area contributed by atoms with Crippen LogP contribution in [0.15, 0.2) is 28.8 Å². The highest BCUT2D eigenvalue weighted by Gasteiger charge is 2.48. The van der Waals surface area contributed by atoms with Crippen LogP contribution < -0.4 is 0 Å². The molecule has 2 fully saturated rings. The second-order valence-electron chi connectivity index (χ2n) is 7.34. The predicted molar refractivity (Wildman–Crippen MR) is 91.7 cm³/mol. The minimum atomic E-state index is 0.0935. The lowest BCUT2D eigenvalue weighted by Crippen LogP contribution is -2.32. The van der Waals surface area contributed by atoms with Gasteiger partial charge >= 0.3 is 0 Å². The molecule has 0 radical (unpaired) electrons. The summed E-state index contributed by atoms with van der Waals surface area (Å²) >= 11 is 0. The van der Waals surface area contributed by atoms with Gasteiger partial charge in [-0.05, 0) is 62.6 Å². The number of carbonyl (C=O) groups is 1. The molecule has 4 heteroatoms. The van der Waals surface area contributed by atoms with E-state index >= 15 is 0 Å². The fourth-order valence-electron chi connectivity index (χ4n) is 3.93. The molecule has 0 unspecified atom stereocenters. The lowest BCUT2D eigenvalue weighted by Gasteiger charge is -2.23. The standard InChI is InChI=1S/C20H24N2O2/c1-12-6-7-15(9-13(12)2)16-11-17(16)20(23)22-8-4-5-19(22)18-10-14(3)24-21-18/h6-7,9-10,16-17,19H,4-5,8,11H2,1-3H3/t16-,17-,19+/m1/s1. The summed E-state index contributed by atoms with van der Waals surface area (Å²) in [6.45, 7) is 7.00. The minimum absolute atomic E-state index is 0.0935. The molecular formula is C20H24N2O2. The van der Waals surface area contributed by atoms with E-state index in [2.05, 4.69) is 37.2 Å². The van der Waals surface area contributed by atoms with E-state index in [0.717, 1.165) is 37.3 Å². The molecule has 2 aromatic rings. The number of aryl methyl sites for hydroxylation is 3. The molecule has 1 aromatic heterocycles. The van der Waals surface area contributed by atoms with E-state index in [4.69, 9.17) is 4.52 Å². The zero-order valence-electron chi connectivity index (χ0n) is 14.6. The summed E-state index contributed by atoms with van der Waals surface area (Å²) in [5, 5.41) is 4.14. The second kappa shape index (κ2) is 5.76. The van der Waals surface area contributed by atoms with Gasteiger partial charge in [-0.25, -0.2) is 0 Å². The number of amides is 1. The Hall–Kier alpha value is -2.10. The van der Waals surface area contributed by atoms with Gasteiger partial charge in [-0.2, -0.15) is 0 Å². The van der Waals surface area contributed by atoms with Gasteiger partial charge in [0.05, 0.1) is 6.04 Å². The van der Waals surface area contributed by atoms with Crippen molar-refractivity contribution in [2.24, 2.45) is 5.92 Å². The minimum Gasteiger partial charge on any atom is -0.361 e. The number of hydrogen-bond acceptors (Lipinski definition) is 3. The van der Waals surface area contributed by atoms with Crippen molar-refractivity contribution in [1.82, 2.24) is 10.1 Å². The van der Waals surface area contributed by atoms with E-state index in [1.807, 2.05) is 17.9 Å². The molecule has 1 amide bonds. The van der Waals surface area contributed by atoms with Gasteiger partial charge in [-0.3, -0.25) is 4.79 Å². The molecule has 0 bridgehead atoms. The van der Waals surface area contributed by atoms with Crippen molar-refractivity contribution in [2.45, 2.75) is 52.0 Å². The van der Waals surface area contributed by atoms with Crippen LogP contribution in [-0.4, -0.2) is 22.5 Å². The van der Waals surface area contributed by atoms with E-state index < -0.39 is 0 Å². The monoisotopic (exact) mass is 324 g/mol.